The smallest absolute Gasteiger partial charge is 0.308 e. The zero-order valence-electron chi connectivity index (χ0n) is 21.5. The van der Waals surface area contributed by atoms with Crippen LogP contribution < -0.4 is 0 Å². The number of hydrogen-bond donors (Lipinski definition) is 0. The molecule has 39 heavy (non-hydrogen) atoms. The van der Waals surface area contributed by atoms with E-state index >= 15 is 0 Å². The van der Waals surface area contributed by atoms with E-state index in [1.54, 1.807) is 27.7 Å². The SMILES string of the molecule is Cc1nc(C)nc(-c2ccc(-n3c4ccccc4c4ccc(C(F)(F)F)cc43)c(-c3nc(C)nc(C)n3)c2)n1. The molecule has 3 heterocycles. The normalized spacial score (nSPS) is 12.0. The Bertz CT molecular complexity index is 1870. The fourth-order valence-corrected chi connectivity index (χ4v) is 4.94. The molecular weight excluding hydrogens is 503 g/mol. The molecule has 0 amide bonds. The van der Waals surface area contributed by atoms with Crippen molar-refractivity contribution in [1.82, 2.24) is 34.5 Å². The average molecular weight is 526 g/mol. The van der Waals surface area contributed by atoms with Gasteiger partial charge < -0.3 is 4.57 Å². The predicted octanol–water partition coefficient (Wildman–Crippen LogP) is 6.74. The molecule has 0 radical (unpaired) electrons. The molecule has 0 saturated carbocycles. The van der Waals surface area contributed by atoms with Crippen molar-refractivity contribution < 1.29 is 13.2 Å². The first-order valence-corrected chi connectivity index (χ1v) is 12.2. The van der Waals surface area contributed by atoms with Gasteiger partial charge in [-0.15, -0.1) is 0 Å². The number of aromatic nitrogens is 7. The first-order valence-electron chi connectivity index (χ1n) is 12.2. The van der Waals surface area contributed by atoms with Gasteiger partial charge in [-0.2, -0.15) is 13.2 Å². The minimum atomic E-state index is -4.49. The van der Waals surface area contributed by atoms with Crippen molar-refractivity contribution in [2.45, 2.75) is 33.9 Å². The van der Waals surface area contributed by atoms with Crippen LogP contribution in [0.15, 0.2) is 60.7 Å². The summed E-state index contributed by atoms with van der Waals surface area (Å²) in [4.78, 5) is 26.8. The lowest BCUT2D eigenvalue weighted by Crippen LogP contribution is -2.06. The van der Waals surface area contributed by atoms with Gasteiger partial charge in [-0.3, -0.25) is 0 Å². The Morgan fingerprint density at radius 2 is 1.18 bits per heavy atom. The number of nitrogens with zero attached hydrogens (tertiary/aromatic N) is 7. The van der Waals surface area contributed by atoms with Crippen LogP contribution in [0.25, 0.3) is 50.3 Å². The number of hydrogen-bond acceptors (Lipinski definition) is 6. The van der Waals surface area contributed by atoms with Crippen molar-refractivity contribution >= 4 is 21.8 Å². The monoisotopic (exact) mass is 525 g/mol. The molecule has 3 aromatic carbocycles. The van der Waals surface area contributed by atoms with Crippen LogP contribution in [0.5, 0.6) is 0 Å². The van der Waals surface area contributed by atoms with Gasteiger partial charge in [0.15, 0.2) is 11.6 Å². The molecule has 3 aromatic heterocycles. The average Bonchev–Trinajstić information content (AvgIpc) is 3.20. The third-order valence-corrected chi connectivity index (χ3v) is 6.46. The van der Waals surface area contributed by atoms with E-state index in [0.29, 0.717) is 62.7 Å². The van der Waals surface area contributed by atoms with E-state index in [4.69, 9.17) is 0 Å². The Kier molecular flexibility index (Phi) is 5.64. The second-order valence-corrected chi connectivity index (χ2v) is 9.32. The van der Waals surface area contributed by atoms with Crippen LogP contribution in [0.4, 0.5) is 13.2 Å². The summed E-state index contributed by atoms with van der Waals surface area (Å²) in [5, 5.41) is 1.54. The van der Waals surface area contributed by atoms with Gasteiger partial charge in [0, 0.05) is 21.9 Å². The summed E-state index contributed by atoms with van der Waals surface area (Å²) in [5.74, 6) is 3.10. The fourth-order valence-electron chi connectivity index (χ4n) is 4.94. The van der Waals surface area contributed by atoms with E-state index in [9.17, 15) is 13.2 Å². The van der Waals surface area contributed by atoms with E-state index < -0.39 is 11.7 Å². The Hall–Kier alpha value is -4.73. The summed E-state index contributed by atoms with van der Waals surface area (Å²) in [6, 6.07) is 16.9. The van der Waals surface area contributed by atoms with Crippen molar-refractivity contribution in [3.63, 3.8) is 0 Å². The van der Waals surface area contributed by atoms with Gasteiger partial charge in [-0.1, -0.05) is 24.3 Å². The molecule has 0 unspecified atom stereocenters. The van der Waals surface area contributed by atoms with Crippen molar-refractivity contribution in [3.05, 3.63) is 89.5 Å². The Morgan fingerprint density at radius 3 is 1.82 bits per heavy atom. The summed E-state index contributed by atoms with van der Waals surface area (Å²) >= 11 is 0. The van der Waals surface area contributed by atoms with Crippen LogP contribution >= 0.6 is 0 Å². The zero-order chi connectivity index (χ0) is 27.5. The summed E-state index contributed by atoms with van der Waals surface area (Å²) in [5.41, 5.74) is 2.40. The van der Waals surface area contributed by atoms with E-state index in [-0.39, 0.29) is 0 Å². The highest BCUT2D eigenvalue weighted by Crippen LogP contribution is 2.39. The number of alkyl halides is 3. The summed E-state index contributed by atoms with van der Waals surface area (Å²) < 4.78 is 43.2. The highest BCUT2D eigenvalue weighted by atomic mass is 19.4. The third-order valence-electron chi connectivity index (χ3n) is 6.46. The van der Waals surface area contributed by atoms with Crippen molar-refractivity contribution in [2.75, 3.05) is 0 Å². The van der Waals surface area contributed by atoms with Crippen LogP contribution in [0.3, 0.4) is 0 Å². The number of benzene rings is 3. The largest absolute Gasteiger partial charge is 0.416 e. The Morgan fingerprint density at radius 1 is 0.590 bits per heavy atom. The molecule has 0 atom stereocenters. The zero-order valence-corrected chi connectivity index (χ0v) is 21.5. The number of aryl methyl sites for hydroxylation is 4. The van der Waals surface area contributed by atoms with Crippen molar-refractivity contribution in [1.29, 1.82) is 0 Å². The molecular formula is C29H22F3N7. The minimum absolute atomic E-state index is 0.400. The van der Waals surface area contributed by atoms with Gasteiger partial charge >= 0.3 is 6.18 Å². The maximum absolute atomic E-state index is 13.8. The summed E-state index contributed by atoms with van der Waals surface area (Å²) in [7, 11) is 0. The maximum atomic E-state index is 13.8. The molecule has 6 aromatic rings. The predicted molar refractivity (Wildman–Crippen MR) is 142 cm³/mol. The first kappa shape index (κ1) is 24.6. The quantitative estimate of drug-likeness (QED) is 0.255. The second kappa shape index (κ2) is 8.93. The van der Waals surface area contributed by atoms with E-state index in [1.165, 1.54) is 12.1 Å². The third kappa shape index (κ3) is 4.37. The van der Waals surface area contributed by atoms with Crippen LogP contribution in [0.2, 0.25) is 0 Å². The molecule has 0 aliphatic heterocycles. The number of para-hydroxylation sites is 1. The number of halogens is 3. The fraction of sp³-hybridized carbons (Fsp3) is 0.172. The van der Waals surface area contributed by atoms with Crippen molar-refractivity contribution in [3.8, 4) is 28.5 Å². The lowest BCUT2D eigenvalue weighted by Gasteiger charge is -2.16. The molecule has 0 spiro atoms. The van der Waals surface area contributed by atoms with E-state index in [0.717, 1.165) is 17.0 Å². The lowest BCUT2D eigenvalue weighted by molar-refractivity contribution is -0.137. The van der Waals surface area contributed by atoms with E-state index in [1.807, 2.05) is 47.0 Å². The van der Waals surface area contributed by atoms with Gasteiger partial charge in [0.05, 0.1) is 22.3 Å². The second-order valence-electron chi connectivity index (χ2n) is 9.32. The van der Waals surface area contributed by atoms with Gasteiger partial charge in [0.25, 0.3) is 0 Å². The first-order chi connectivity index (χ1) is 18.6. The maximum Gasteiger partial charge on any atom is 0.416 e. The molecule has 0 N–H and O–H groups in total. The standard InChI is InChI=1S/C29H22F3N7/c1-15-33-16(2)36-27(35-15)19-9-12-25(23(13-19)28-37-17(3)34-18(4)38-28)39-24-8-6-5-7-21(24)22-11-10-20(14-26(22)39)29(30,31)32/h5-14H,1-4H3. The Balaban J connectivity index is 1.71. The van der Waals surface area contributed by atoms with Crippen LogP contribution in [-0.2, 0) is 6.18 Å². The molecule has 7 nitrogen and oxygen atoms in total. The summed E-state index contributed by atoms with van der Waals surface area (Å²) in [6.07, 6.45) is -4.49. The van der Waals surface area contributed by atoms with Crippen LogP contribution in [-0.4, -0.2) is 34.5 Å². The minimum Gasteiger partial charge on any atom is -0.308 e. The molecule has 0 aliphatic rings. The van der Waals surface area contributed by atoms with E-state index in [2.05, 4.69) is 29.9 Å². The van der Waals surface area contributed by atoms with Crippen LogP contribution in [0.1, 0.15) is 28.9 Å². The lowest BCUT2D eigenvalue weighted by atomic mass is 10.1. The Labute approximate surface area is 221 Å². The number of fused-ring (bicyclic) bond motifs is 3. The van der Waals surface area contributed by atoms with Gasteiger partial charge in [0.1, 0.15) is 23.3 Å². The number of rotatable bonds is 3. The van der Waals surface area contributed by atoms with Gasteiger partial charge in [-0.05, 0) is 64.1 Å². The molecule has 0 saturated heterocycles. The van der Waals surface area contributed by atoms with Crippen molar-refractivity contribution in [2.24, 2.45) is 0 Å². The highest BCUT2D eigenvalue weighted by molar-refractivity contribution is 6.10. The molecule has 10 heteroatoms. The molecule has 194 valence electrons. The topological polar surface area (TPSA) is 82.3 Å². The molecule has 0 fully saturated rings. The molecule has 0 bridgehead atoms. The van der Waals surface area contributed by atoms with Gasteiger partial charge in [-0.25, -0.2) is 29.9 Å². The molecule has 6 rings (SSSR count). The molecule has 0 aliphatic carbocycles. The van der Waals surface area contributed by atoms with Gasteiger partial charge in [0.2, 0.25) is 0 Å². The highest BCUT2D eigenvalue weighted by Gasteiger charge is 2.31. The summed E-state index contributed by atoms with van der Waals surface area (Å²) in [6.45, 7) is 7.14. The van der Waals surface area contributed by atoms with Crippen LogP contribution in [0, 0.1) is 27.7 Å².